The molecule has 0 amide bonds. The van der Waals surface area contributed by atoms with Crippen LogP contribution < -0.4 is 9.47 Å². The molecule has 166 valence electrons. The minimum absolute atomic E-state index is 0.153. The van der Waals surface area contributed by atoms with Crippen molar-refractivity contribution in [1.82, 2.24) is 4.90 Å². The van der Waals surface area contributed by atoms with E-state index in [4.69, 9.17) is 9.47 Å². The minimum atomic E-state index is 0.153. The number of phenolic OH excluding ortho intramolecular Hbond substituents is 1. The molecule has 3 aromatic rings. The van der Waals surface area contributed by atoms with Crippen LogP contribution >= 0.6 is 0 Å². The lowest BCUT2D eigenvalue weighted by Crippen LogP contribution is -2.25. The van der Waals surface area contributed by atoms with E-state index in [9.17, 15) is 5.11 Å². The molecule has 32 heavy (non-hydrogen) atoms. The van der Waals surface area contributed by atoms with Crippen molar-refractivity contribution >= 4 is 0 Å². The predicted octanol–water partition coefficient (Wildman–Crippen LogP) is 5.48. The molecular formula is C28H31NO3. The van der Waals surface area contributed by atoms with E-state index < -0.39 is 0 Å². The number of ether oxygens (including phenoxy) is 2. The highest BCUT2D eigenvalue weighted by Gasteiger charge is 2.33. The summed E-state index contributed by atoms with van der Waals surface area (Å²) in [6.07, 6.45) is 2.61. The van der Waals surface area contributed by atoms with Gasteiger partial charge < -0.3 is 14.6 Å². The van der Waals surface area contributed by atoms with E-state index in [1.165, 1.54) is 42.6 Å². The number of rotatable bonds is 6. The molecule has 0 bridgehead atoms. The van der Waals surface area contributed by atoms with Crippen LogP contribution in [0.2, 0.25) is 0 Å². The molecule has 1 saturated heterocycles. The van der Waals surface area contributed by atoms with E-state index in [0.717, 1.165) is 30.2 Å². The lowest BCUT2D eigenvalue weighted by molar-refractivity contribution is 0.237. The predicted molar refractivity (Wildman–Crippen MR) is 127 cm³/mol. The zero-order valence-electron chi connectivity index (χ0n) is 18.7. The summed E-state index contributed by atoms with van der Waals surface area (Å²) in [5.41, 5.74) is 4.87. The first-order valence-electron chi connectivity index (χ1n) is 11.6. The summed E-state index contributed by atoms with van der Waals surface area (Å²) in [5.74, 6) is 2.27. The summed E-state index contributed by atoms with van der Waals surface area (Å²) < 4.78 is 12.1. The summed E-state index contributed by atoms with van der Waals surface area (Å²) >= 11 is 0. The van der Waals surface area contributed by atoms with Gasteiger partial charge in [-0.15, -0.1) is 0 Å². The van der Waals surface area contributed by atoms with Crippen LogP contribution in [0.3, 0.4) is 0 Å². The third-order valence-corrected chi connectivity index (χ3v) is 6.77. The Labute approximate surface area is 190 Å². The number of phenols is 1. The third-order valence-electron chi connectivity index (χ3n) is 6.77. The fourth-order valence-electron chi connectivity index (χ4n) is 4.98. The van der Waals surface area contributed by atoms with E-state index in [2.05, 4.69) is 60.4 Å². The Morgan fingerprint density at radius 2 is 1.66 bits per heavy atom. The Hall–Kier alpha value is -2.98. The fourth-order valence-corrected chi connectivity index (χ4v) is 4.98. The summed E-state index contributed by atoms with van der Waals surface area (Å²) in [4.78, 5) is 2.47. The molecule has 2 aliphatic heterocycles. The summed E-state index contributed by atoms with van der Waals surface area (Å²) in [7, 11) is 0. The SMILES string of the molecule is Cc1ccc([C@@H]2COc3cc(O)ccc3[C@@H]2c2ccc(OCCN3CCCC3)cc2)cc1. The molecule has 0 radical (unpaired) electrons. The number of likely N-dealkylation sites (tertiary alicyclic amines) is 1. The minimum Gasteiger partial charge on any atom is -0.508 e. The van der Waals surface area contributed by atoms with Crippen molar-refractivity contribution in [3.8, 4) is 17.2 Å². The van der Waals surface area contributed by atoms with E-state index in [1.54, 1.807) is 12.1 Å². The lowest BCUT2D eigenvalue weighted by Gasteiger charge is -2.34. The van der Waals surface area contributed by atoms with E-state index >= 15 is 0 Å². The van der Waals surface area contributed by atoms with Crippen LogP contribution in [0.1, 0.15) is 46.9 Å². The Morgan fingerprint density at radius 3 is 2.41 bits per heavy atom. The number of hydrogen-bond donors (Lipinski definition) is 1. The van der Waals surface area contributed by atoms with Crippen LogP contribution in [0.15, 0.2) is 66.7 Å². The van der Waals surface area contributed by atoms with Gasteiger partial charge in [-0.25, -0.2) is 0 Å². The van der Waals surface area contributed by atoms with Gasteiger partial charge in [-0.05, 0) is 62.2 Å². The average Bonchev–Trinajstić information content (AvgIpc) is 3.33. The number of aryl methyl sites for hydroxylation is 1. The first kappa shape index (κ1) is 20.9. The summed E-state index contributed by atoms with van der Waals surface area (Å²) in [6.45, 7) is 6.80. The second kappa shape index (κ2) is 9.25. The van der Waals surface area contributed by atoms with Crippen molar-refractivity contribution < 1.29 is 14.6 Å². The second-order valence-electron chi connectivity index (χ2n) is 8.99. The molecule has 2 atom stereocenters. The zero-order valence-corrected chi connectivity index (χ0v) is 18.7. The van der Waals surface area contributed by atoms with Crippen molar-refractivity contribution in [3.63, 3.8) is 0 Å². The van der Waals surface area contributed by atoms with Crippen molar-refractivity contribution in [2.45, 2.75) is 31.6 Å². The molecule has 0 spiro atoms. The first-order chi connectivity index (χ1) is 15.7. The van der Waals surface area contributed by atoms with Crippen LogP contribution in [0, 0.1) is 6.92 Å². The van der Waals surface area contributed by atoms with Gasteiger partial charge in [-0.3, -0.25) is 4.90 Å². The maximum atomic E-state index is 9.96. The molecule has 4 nitrogen and oxygen atoms in total. The number of aromatic hydroxyl groups is 1. The molecule has 2 aliphatic rings. The van der Waals surface area contributed by atoms with Gasteiger partial charge in [0.2, 0.25) is 0 Å². The van der Waals surface area contributed by atoms with Crippen molar-refractivity contribution in [1.29, 1.82) is 0 Å². The molecule has 4 heteroatoms. The monoisotopic (exact) mass is 429 g/mol. The highest BCUT2D eigenvalue weighted by molar-refractivity contribution is 5.51. The van der Waals surface area contributed by atoms with E-state index in [0.29, 0.717) is 6.61 Å². The molecule has 0 aliphatic carbocycles. The Morgan fingerprint density at radius 1 is 0.938 bits per heavy atom. The van der Waals surface area contributed by atoms with Crippen LogP contribution in [0.5, 0.6) is 17.2 Å². The summed E-state index contributed by atoms with van der Waals surface area (Å²) in [6, 6.07) is 22.7. The topological polar surface area (TPSA) is 41.9 Å². The van der Waals surface area contributed by atoms with Gasteiger partial charge >= 0.3 is 0 Å². The zero-order chi connectivity index (χ0) is 21.9. The molecule has 2 heterocycles. The van der Waals surface area contributed by atoms with Gasteiger partial charge in [0.25, 0.3) is 0 Å². The maximum Gasteiger partial charge on any atom is 0.126 e. The number of nitrogens with zero attached hydrogens (tertiary/aromatic N) is 1. The Kier molecular flexibility index (Phi) is 6.04. The molecular weight excluding hydrogens is 398 g/mol. The van der Waals surface area contributed by atoms with Gasteiger partial charge in [-0.2, -0.15) is 0 Å². The van der Waals surface area contributed by atoms with Gasteiger partial charge in [-0.1, -0.05) is 48.0 Å². The Balaban J connectivity index is 1.39. The van der Waals surface area contributed by atoms with Crippen molar-refractivity contribution in [2.24, 2.45) is 0 Å². The highest BCUT2D eigenvalue weighted by Crippen LogP contribution is 2.47. The normalized spacial score (nSPS) is 20.5. The smallest absolute Gasteiger partial charge is 0.126 e. The second-order valence-corrected chi connectivity index (χ2v) is 8.99. The van der Waals surface area contributed by atoms with Crippen LogP contribution in [0.4, 0.5) is 0 Å². The maximum absolute atomic E-state index is 9.96. The van der Waals surface area contributed by atoms with E-state index in [-0.39, 0.29) is 17.6 Å². The quantitative estimate of drug-likeness (QED) is 0.563. The molecule has 1 N–H and O–H groups in total. The highest BCUT2D eigenvalue weighted by atomic mass is 16.5. The van der Waals surface area contributed by atoms with Crippen LogP contribution in [-0.2, 0) is 0 Å². The number of hydrogen-bond acceptors (Lipinski definition) is 4. The first-order valence-corrected chi connectivity index (χ1v) is 11.6. The molecule has 0 aromatic heterocycles. The molecule has 0 saturated carbocycles. The van der Waals surface area contributed by atoms with Crippen LogP contribution in [0.25, 0.3) is 0 Å². The van der Waals surface area contributed by atoms with E-state index in [1.807, 2.05) is 6.07 Å². The van der Waals surface area contributed by atoms with Crippen molar-refractivity contribution in [2.75, 3.05) is 32.8 Å². The molecule has 5 rings (SSSR count). The lowest BCUT2D eigenvalue weighted by atomic mass is 9.76. The molecule has 3 aromatic carbocycles. The van der Waals surface area contributed by atoms with Gasteiger partial charge in [0.1, 0.15) is 23.9 Å². The molecule has 1 fully saturated rings. The number of benzene rings is 3. The standard InChI is InChI=1S/C28H31NO3/c1-20-4-6-21(7-5-20)26-19-32-27-18-23(30)10-13-25(27)28(26)22-8-11-24(12-9-22)31-17-16-29-14-2-3-15-29/h4-13,18,26,28,30H,2-3,14-17,19H2,1H3/t26-,28-/m0/s1. The van der Waals surface area contributed by atoms with Crippen molar-refractivity contribution in [3.05, 3.63) is 89.0 Å². The Bertz CT molecular complexity index is 1040. The fraction of sp³-hybridized carbons (Fsp3) is 0.357. The summed E-state index contributed by atoms with van der Waals surface area (Å²) in [5, 5.41) is 9.96. The van der Waals surface area contributed by atoms with Gasteiger partial charge in [0, 0.05) is 30.0 Å². The molecule has 0 unspecified atom stereocenters. The third kappa shape index (κ3) is 4.46. The van der Waals surface area contributed by atoms with Gasteiger partial charge in [0.15, 0.2) is 0 Å². The average molecular weight is 430 g/mol. The number of fused-ring (bicyclic) bond motifs is 1. The largest absolute Gasteiger partial charge is 0.508 e. The van der Waals surface area contributed by atoms with Crippen LogP contribution in [-0.4, -0.2) is 42.9 Å². The van der Waals surface area contributed by atoms with Gasteiger partial charge in [0.05, 0.1) is 6.61 Å².